The summed E-state index contributed by atoms with van der Waals surface area (Å²) in [5.74, 6) is -0.395. The third kappa shape index (κ3) is 1.86. The molecule has 0 atom stereocenters. The van der Waals surface area contributed by atoms with Crippen LogP contribution in [0.1, 0.15) is 44.1 Å². The van der Waals surface area contributed by atoms with E-state index in [1.165, 1.54) is 6.92 Å². The summed E-state index contributed by atoms with van der Waals surface area (Å²) in [6, 6.07) is 1.55. The van der Waals surface area contributed by atoms with E-state index in [4.69, 9.17) is 0 Å². The third-order valence-electron chi connectivity index (χ3n) is 3.20. The molecule has 0 bridgehead atoms. The fourth-order valence-corrected chi connectivity index (χ4v) is 2.27. The number of hydrogen-bond acceptors (Lipinski definition) is 2. The largest absolute Gasteiger partial charge is 0.300 e. The molecular weight excluding hydrogens is 205 g/mol. The number of hydrogen-bond donors (Lipinski definition) is 0. The standard InChI is InChI=1S/C13H16FNO/c1-8(16)6-11-10(14)7-9-4-5-13(2,3)12(9)15-11/h7H,4-6H2,1-3H3. The van der Waals surface area contributed by atoms with Crippen LogP contribution in [0.15, 0.2) is 6.07 Å². The summed E-state index contributed by atoms with van der Waals surface area (Å²) in [7, 11) is 0. The molecule has 1 aromatic rings. The van der Waals surface area contributed by atoms with Crippen molar-refractivity contribution in [2.45, 2.75) is 45.4 Å². The second kappa shape index (κ2) is 3.65. The number of aryl methyl sites for hydroxylation is 1. The van der Waals surface area contributed by atoms with E-state index in [0.717, 1.165) is 24.1 Å². The van der Waals surface area contributed by atoms with Crippen molar-refractivity contribution in [2.24, 2.45) is 0 Å². The number of carbonyl (C=O) groups excluding carboxylic acids is 1. The lowest BCUT2D eigenvalue weighted by molar-refractivity contribution is -0.116. The van der Waals surface area contributed by atoms with Crippen LogP contribution in [0.4, 0.5) is 4.39 Å². The summed E-state index contributed by atoms with van der Waals surface area (Å²) in [4.78, 5) is 15.4. The van der Waals surface area contributed by atoms with Crippen molar-refractivity contribution < 1.29 is 9.18 Å². The van der Waals surface area contributed by atoms with E-state index in [9.17, 15) is 9.18 Å². The van der Waals surface area contributed by atoms with Crippen molar-refractivity contribution in [1.29, 1.82) is 0 Å². The van der Waals surface area contributed by atoms with E-state index in [1.54, 1.807) is 6.07 Å². The lowest BCUT2D eigenvalue weighted by atomic mass is 9.90. The third-order valence-corrected chi connectivity index (χ3v) is 3.20. The predicted molar refractivity (Wildman–Crippen MR) is 59.9 cm³/mol. The molecule has 0 amide bonds. The highest BCUT2D eigenvalue weighted by Crippen LogP contribution is 2.37. The summed E-state index contributed by atoms with van der Waals surface area (Å²) >= 11 is 0. The maximum Gasteiger partial charge on any atom is 0.145 e. The topological polar surface area (TPSA) is 30.0 Å². The van der Waals surface area contributed by atoms with E-state index in [2.05, 4.69) is 18.8 Å². The van der Waals surface area contributed by atoms with Gasteiger partial charge in [-0.25, -0.2) is 4.39 Å². The molecule has 0 spiro atoms. The van der Waals surface area contributed by atoms with Gasteiger partial charge in [0.1, 0.15) is 11.6 Å². The Morgan fingerprint density at radius 2 is 2.25 bits per heavy atom. The molecule has 3 heteroatoms. The molecule has 86 valence electrons. The Hall–Kier alpha value is -1.25. The number of ketones is 1. The van der Waals surface area contributed by atoms with Crippen LogP contribution in [0.2, 0.25) is 0 Å². The van der Waals surface area contributed by atoms with Crippen LogP contribution >= 0.6 is 0 Å². The first-order chi connectivity index (χ1) is 7.40. The molecule has 0 fully saturated rings. The van der Waals surface area contributed by atoms with Gasteiger partial charge in [-0.1, -0.05) is 13.8 Å². The van der Waals surface area contributed by atoms with E-state index in [-0.39, 0.29) is 23.4 Å². The van der Waals surface area contributed by atoms with Crippen molar-refractivity contribution in [3.63, 3.8) is 0 Å². The fourth-order valence-electron chi connectivity index (χ4n) is 2.27. The van der Waals surface area contributed by atoms with Gasteiger partial charge in [0.25, 0.3) is 0 Å². The van der Waals surface area contributed by atoms with Gasteiger partial charge in [0.15, 0.2) is 0 Å². The van der Waals surface area contributed by atoms with Crippen LogP contribution in [0.25, 0.3) is 0 Å². The van der Waals surface area contributed by atoms with Gasteiger partial charge >= 0.3 is 0 Å². The highest BCUT2D eigenvalue weighted by molar-refractivity contribution is 5.77. The molecule has 16 heavy (non-hydrogen) atoms. The number of Topliss-reactive ketones (excluding diaryl/α,β-unsaturated/α-hetero) is 1. The first-order valence-electron chi connectivity index (χ1n) is 5.58. The summed E-state index contributed by atoms with van der Waals surface area (Å²) in [6.45, 7) is 5.68. The first-order valence-corrected chi connectivity index (χ1v) is 5.58. The highest BCUT2D eigenvalue weighted by Gasteiger charge is 2.32. The Bertz CT molecular complexity index is 451. The summed E-state index contributed by atoms with van der Waals surface area (Å²) in [6.07, 6.45) is 1.97. The second-order valence-electron chi connectivity index (χ2n) is 5.19. The van der Waals surface area contributed by atoms with Gasteiger partial charge in [0, 0.05) is 11.1 Å². The van der Waals surface area contributed by atoms with Crippen molar-refractivity contribution in [3.8, 4) is 0 Å². The molecule has 1 aliphatic carbocycles. The second-order valence-corrected chi connectivity index (χ2v) is 5.19. The minimum absolute atomic E-state index is 0.00850. The molecule has 0 saturated heterocycles. The Labute approximate surface area is 94.9 Å². The summed E-state index contributed by atoms with van der Waals surface area (Å²) in [5.41, 5.74) is 2.26. The van der Waals surface area contributed by atoms with Gasteiger partial charge in [-0.15, -0.1) is 0 Å². The molecule has 1 aliphatic rings. The number of halogens is 1. The maximum absolute atomic E-state index is 13.6. The molecule has 2 nitrogen and oxygen atoms in total. The monoisotopic (exact) mass is 221 g/mol. The first kappa shape index (κ1) is 11.2. The van der Waals surface area contributed by atoms with Crippen LogP contribution in [-0.4, -0.2) is 10.8 Å². The highest BCUT2D eigenvalue weighted by atomic mass is 19.1. The molecule has 1 heterocycles. The maximum atomic E-state index is 13.6. The van der Waals surface area contributed by atoms with E-state index >= 15 is 0 Å². The molecule has 1 aromatic heterocycles. The van der Waals surface area contributed by atoms with Gasteiger partial charge in [0.05, 0.1) is 12.1 Å². The Balaban J connectivity index is 2.47. The quantitative estimate of drug-likeness (QED) is 0.768. The zero-order valence-electron chi connectivity index (χ0n) is 9.93. The zero-order valence-corrected chi connectivity index (χ0v) is 9.93. The summed E-state index contributed by atoms with van der Waals surface area (Å²) in [5, 5.41) is 0. The molecule has 0 N–H and O–H groups in total. The minimum Gasteiger partial charge on any atom is -0.300 e. The SMILES string of the molecule is CC(=O)Cc1nc2c(cc1F)CCC2(C)C. The Morgan fingerprint density at radius 3 is 2.88 bits per heavy atom. The van der Waals surface area contributed by atoms with Gasteiger partial charge < -0.3 is 0 Å². The zero-order chi connectivity index (χ0) is 11.9. The average Bonchev–Trinajstić information content (AvgIpc) is 2.43. The van der Waals surface area contributed by atoms with E-state index < -0.39 is 0 Å². The van der Waals surface area contributed by atoms with Gasteiger partial charge in [-0.2, -0.15) is 0 Å². The molecule has 0 saturated carbocycles. The number of nitrogens with zero attached hydrogens (tertiary/aromatic N) is 1. The average molecular weight is 221 g/mol. The smallest absolute Gasteiger partial charge is 0.145 e. The fraction of sp³-hybridized carbons (Fsp3) is 0.538. The van der Waals surface area contributed by atoms with Crippen molar-refractivity contribution in [3.05, 3.63) is 28.8 Å². The number of carbonyl (C=O) groups is 1. The normalized spacial score (nSPS) is 17.2. The molecule has 2 rings (SSSR count). The van der Waals surface area contributed by atoms with Crippen molar-refractivity contribution >= 4 is 5.78 Å². The van der Waals surface area contributed by atoms with E-state index in [0.29, 0.717) is 5.69 Å². The number of rotatable bonds is 2. The van der Waals surface area contributed by atoms with Crippen LogP contribution in [0.3, 0.4) is 0 Å². The van der Waals surface area contributed by atoms with Crippen molar-refractivity contribution in [1.82, 2.24) is 4.98 Å². The molecular formula is C13H16FNO. The Morgan fingerprint density at radius 1 is 1.56 bits per heavy atom. The molecule has 0 aromatic carbocycles. The number of pyridine rings is 1. The lowest BCUT2D eigenvalue weighted by Gasteiger charge is -2.18. The Kier molecular flexibility index (Phi) is 2.56. The van der Waals surface area contributed by atoms with Crippen LogP contribution in [0, 0.1) is 5.82 Å². The number of fused-ring (bicyclic) bond motifs is 1. The van der Waals surface area contributed by atoms with Crippen LogP contribution < -0.4 is 0 Å². The van der Waals surface area contributed by atoms with Crippen LogP contribution in [0.5, 0.6) is 0 Å². The van der Waals surface area contributed by atoms with Gasteiger partial charge in [-0.05, 0) is 31.4 Å². The lowest BCUT2D eigenvalue weighted by Crippen LogP contribution is -2.16. The molecule has 0 unspecified atom stereocenters. The number of aromatic nitrogens is 1. The van der Waals surface area contributed by atoms with Crippen LogP contribution in [-0.2, 0) is 23.1 Å². The molecule has 0 radical (unpaired) electrons. The van der Waals surface area contributed by atoms with Crippen molar-refractivity contribution in [2.75, 3.05) is 0 Å². The minimum atomic E-state index is -0.341. The van der Waals surface area contributed by atoms with Gasteiger partial charge in [-0.3, -0.25) is 9.78 Å². The predicted octanol–water partition coefficient (Wildman–Crippen LogP) is 2.58. The molecule has 0 aliphatic heterocycles. The van der Waals surface area contributed by atoms with E-state index in [1.807, 2.05) is 0 Å². The van der Waals surface area contributed by atoms with Gasteiger partial charge in [0.2, 0.25) is 0 Å². The summed E-state index contributed by atoms with van der Waals surface area (Å²) < 4.78 is 13.6.